The number of primary amides is 1. The minimum absolute atomic E-state index is 0.0922. The number of likely N-dealkylation sites (tertiary alicyclic amines) is 1. The van der Waals surface area contributed by atoms with Gasteiger partial charge in [0.1, 0.15) is 29.1 Å². The van der Waals surface area contributed by atoms with Crippen LogP contribution >= 0.6 is 11.6 Å². The third-order valence-electron chi connectivity index (χ3n) is 5.48. The second-order valence-electron chi connectivity index (χ2n) is 7.79. The number of halogens is 3. The van der Waals surface area contributed by atoms with Gasteiger partial charge < -0.3 is 24.5 Å². The average Bonchev–Trinajstić information content (AvgIpc) is 3.20. The minimum Gasteiger partial charge on any atom is -0.496 e. The number of furan rings is 1. The van der Waals surface area contributed by atoms with Gasteiger partial charge in [0.25, 0.3) is 17.7 Å². The van der Waals surface area contributed by atoms with Crippen LogP contribution in [0.15, 0.2) is 47.2 Å². The summed E-state index contributed by atoms with van der Waals surface area (Å²) in [6.07, 6.45) is 2.71. The van der Waals surface area contributed by atoms with Crippen LogP contribution in [0.5, 0.6) is 17.2 Å². The van der Waals surface area contributed by atoms with Gasteiger partial charge >= 0.3 is 0 Å². The van der Waals surface area contributed by atoms with Crippen molar-refractivity contribution in [1.29, 1.82) is 0 Å². The molecule has 5 rings (SSSR count). The van der Waals surface area contributed by atoms with E-state index >= 15 is 0 Å². The number of alkyl halides is 2. The van der Waals surface area contributed by atoms with E-state index in [9.17, 15) is 18.4 Å². The van der Waals surface area contributed by atoms with Crippen LogP contribution < -0.4 is 15.2 Å². The molecular formula is C23H16ClF2N3O5. The van der Waals surface area contributed by atoms with E-state index in [1.165, 1.54) is 37.8 Å². The third kappa shape index (κ3) is 3.65. The van der Waals surface area contributed by atoms with Crippen LogP contribution in [0.25, 0.3) is 21.9 Å². The lowest BCUT2D eigenvalue weighted by Gasteiger charge is -2.38. The first kappa shape index (κ1) is 21.9. The molecule has 8 nitrogen and oxygen atoms in total. The van der Waals surface area contributed by atoms with Crippen LogP contribution in [0.3, 0.4) is 0 Å². The number of ether oxygens (including phenoxy) is 2. The summed E-state index contributed by atoms with van der Waals surface area (Å²) < 4.78 is 43.0. The molecule has 3 heterocycles. The van der Waals surface area contributed by atoms with Crippen molar-refractivity contribution in [1.82, 2.24) is 9.88 Å². The number of hydrogen-bond acceptors (Lipinski definition) is 6. The Labute approximate surface area is 195 Å². The number of nitrogens with zero attached hydrogens (tertiary/aromatic N) is 2. The second-order valence-corrected chi connectivity index (χ2v) is 8.20. The first-order chi connectivity index (χ1) is 16.2. The van der Waals surface area contributed by atoms with Crippen molar-refractivity contribution in [2.45, 2.75) is 5.92 Å². The molecular weight excluding hydrogens is 472 g/mol. The lowest BCUT2D eigenvalue weighted by Crippen LogP contribution is -2.58. The first-order valence-electron chi connectivity index (χ1n) is 9.99. The predicted molar refractivity (Wildman–Crippen MR) is 119 cm³/mol. The molecule has 0 radical (unpaired) electrons. The smallest absolute Gasteiger partial charge is 0.282 e. The van der Waals surface area contributed by atoms with E-state index in [1.807, 2.05) is 0 Å². The number of aromatic nitrogens is 1. The van der Waals surface area contributed by atoms with E-state index in [4.69, 9.17) is 31.2 Å². The number of amides is 2. The molecule has 0 aliphatic carbocycles. The van der Waals surface area contributed by atoms with Gasteiger partial charge in [-0.25, -0.2) is 8.78 Å². The summed E-state index contributed by atoms with van der Waals surface area (Å²) in [5.74, 6) is -3.23. The molecule has 0 atom stereocenters. The number of carbonyl (C=O) groups excluding carboxylic acids is 2. The summed E-state index contributed by atoms with van der Waals surface area (Å²) in [6, 6.07) is 7.69. The maximum absolute atomic E-state index is 13.2. The molecule has 1 aliphatic rings. The Bertz CT molecular complexity index is 1480. The SMILES string of the molecule is COc1cc2nccc(Oc3cc(Cl)c4c(C(=O)N5CC(F)(F)C5)coc4c3)c2cc1C(N)=O. The molecule has 1 saturated heterocycles. The molecule has 0 bridgehead atoms. The van der Waals surface area contributed by atoms with Crippen LogP contribution in [0.2, 0.25) is 5.02 Å². The number of methoxy groups -OCH3 is 1. The maximum Gasteiger partial charge on any atom is 0.282 e. The van der Waals surface area contributed by atoms with Gasteiger partial charge in [0.2, 0.25) is 0 Å². The molecule has 2 amide bonds. The molecule has 0 spiro atoms. The highest BCUT2D eigenvalue weighted by Gasteiger charge is 2.47. The quantitative estimate of drug-likeness (QED) is 0.440. The average molecular weight is 488 g/mol. The fourth-order valence-corrected chi connectivity index (χ4v) is 4.16. The van der Waals surface area contributed by atoms with Gasteiger partial charge in [-0.3, -0.25) is 14.6 Å². The van der Waals surface area contributed by atoms with Gasteiger partial charge in [0, 0.05) is 29.8 Å². The van der Waals surface area contributed by atoms with Gasteiger partial charge in [0.15, 0.2) is 0 Å². The topological polar surface area (TPSA) is 108 Å². The molecule has 2 N–H and O–H groups in total. The molecule has 0 saturated carbocycles. The van der Waals surface area contributed by atoms with E-state index < -0.39 is 30.8 Å². The van der Waals surface area contributed by atoms with Crippen molar-refractivity contribution in [2.75, 3.05) is 20.2 Å². The number of fused-ring (bicyclic) bond motifs is 2. The van der Waals surface area contributed by atoms with Crippen LogP contribution in [0, 0.1) is 0 Å². The van der Waals surface area contributed by atoms with Gasteiger partial charge in [0.05, 0.1) is 47.3 Å². The lowest BCUT2D eigenvalue weighted by molar-refractivity contribution is -0.113. The zero-order valence-corrected chi connectivity index (χ0v) is 18.4. The molecule has 0 unspecified atom stereocenters. The van der Waals surface area contributed by atoms with Gasteiger partial charge in [-0.2, -0.15) is 0 Å². The predicted octanol–water partition coefficient (Wildman–Crippen LogP) is 4.63. The number of carbonyl (C=O) groups is 2. The highest BCUT2D eigenvalue weighted by Crippen LogP contribution is 2.39. The molecule has 4 aromatic rings. The summed E-state index contributed by atoms with van der Waals surface area (Å²) >= 11 is 6.42. The fraction of sp³-hybridized carbons (Fsp3) is 0.174. The second kappa shape index (κ2) is 7.84. The molecule has 174 valence electrons. The van der Waals surface area contributed by atoms with Crippen molar-refractivity contribution < 1.29 is 32.3 Å². The van der Waals surface area contributed by atoms with E-state index in [0.29, 0.717) is 22.0 Å². The number of rotatable bonds is 5. The van der Waals surface area contributed by atoms with Gasteiger partial charge in [-0.05, 0) is 12.1 Å². The number of hydrogen-bond donors (Lipinski definition) is 1. The Morgan fingerprint density at radius 2 is 1.94 bits per heavy atom. The monoisotopic (exact) mass is 487 g/mol. The summed E-state index contributed by atoms with van der Waals surface area (Å²) in [5.41, 5.74) is 6.46. The first-order valence-corrected chi connectivity index (χ1v) is 10.4. The van der Waals surface area contributed by atoms with Gasteiger partial charge in [-0.1, -0.05) is 11.6 Å². The van der Waals surface area contributed by atoms with Crippen LogP contribution in [-0.4, -0.2) is 47.8 Å². The summed E-state index contributed by atoms with van der Waals surface area (Å²) in [4.78, 5) is 29.7. The third-order valence-corrected chi connectivity index (χ3v) is 5.78. The highest BCUT2D eigenvalue weighted by molar-refractivity contribution is 6.37. The van der Waals surface area contributed by atoms with E-state index in [0.717, 1.165) is 4.90 Å². The normalized spacial score (nSPS) is 14.8. The Kier molecular flexibility index (Phi) is 5.05. The van der Waals surface area contributed by atoms with Crippen molar-refractivity contribution >= 4 is 45.3 Å². The molecule has 1 aliphatic heterocycles. The van der Waals surface area contributed by atoms with Crippen LogP contribution in [-0.2, 0) is 0 Å². The molecule has 11 heteroatoms. The van der Waals surface area contributed by atoms with Gasteiger partial charge in [-0.15, -0.1) is 0 Å². The maximum atomic E-state index is 13.2. The lowest BCUT2D eigenvalue weighted by atomic mass is 10.1. The summed E-state index contributed by atoms with van der Waals surface area (Å²) in [6.45, 7) is -1.30. The number of benzene rings is 2. The zero-order valence-electron chi connectivity index (χ0n) is 17.6. The highest BCUT2D eigenvalue weighted by atomic mass is 35.5. The van der Waals surface area contributed by atoms with Crippen LogP contribution in [0.1, 0.15) is 20.7 Å². The minimum atomic E-state index is -2.88. The van der Waals surface area contributed by atoms with E-state index in [-0.39, 0.29) is 33.2 Å². The Balaban J connectivity index is 1.51. The Morgan fingerprint density at radius 1 is 1.18 bits per heavy atom. The Morgan fingerprint density at radius 3 is 2.62 bits per heavy atom. The molecule has 2 aromatic carbocycles. The fourth-order valence-electron chi connectivity index (χ4n) is 3.86. The van der Waals surface area contributed by atoms with Crippen molar-refractivity contribution in [3.05, 3.63) is 58.9 Å². The summed E-state index contributed by atoms with van der Waals surface area (Å²) in [7, 11) is 1.42. The molecule has 1 fully saturated rings. The molecule has 34 heavy (non-hydrogen) atoms. The molecule has 2 aromatic heterocycles. The number of nitrogens with two attached hydrogens (primary N) is 1. The number of pyridine rings is 1. The van der Waals surface area contributed by atoms with Crippen molar-refractivity contribution in [3.63, 3.8) is 0 Å². The van der Waals surface area contributed by atoms with Crippen LogP contribution in [0.4, 0.5) is 8.78 Å². The zero-order chi connectivity index (χ0) is 24.2. The van der Waals surface area contributed by atoms with E-state index in [1.54, 1.807) is 12.1 Å². The standard InChI is InChI=1S/C23H16ClF2N3O5/c1-32-18-7-16-12(6-13(18)21(27)30)17(2-3-28-16)34-11-4-15(24)20-14(8-33-19(20)5-11)22(31)29-9-23(25,26)10-29/h2-8H,9-10H2,1H3,(H2,27,30). The largest absolute Gasteiger partial charge is 0.496 e. The van der Waals surface area contributed by atoms with E-state index in [2.05, 4.69) is 4.98 Å². The van der Waals surface area contributed by atoms with Crippen molar-refractivity contribution in [2.24, 2.45) is 5.73 Å². The summed E-state index contributed by atoms with van der Waals surface area (Å²) in [5, 5.41) is 0.951. The van der Waals surface area contributed by atoms with Crippen molar-refractivity contribution in [3.8, 4) is 17.2 Å². The Hall–Kier alpha value is -3.92.